The molecule has 1 aromatic heterocycles. The van der Waals surface area contributed by atoms with Crippen molar-refractivity contribution in [3.63, 3.8) is 0 Å². The van der Waals surface area contributed by atoms with Gasteiger partial charge in [-0.25, -0.2) is 4.68 Å². The van der Waals surface area contributed by atoms with Gasteiger partial charge in [-0.15, -0.1) is 0 Å². The lowest BCUT2D eigenvalue weighted by Gasteiger charge is -2.06. The minimum atomic E-state index is 0.366. The van der Waals surface area contributed by atoms with Crippen LogP contribution in [0.2, 0.25) is 5.02 Å². The molecule has 1 heterocycles. The SMILES string of the molecule is NC(=S)c1ccc(-n2cc(Cl)cn2)c(Br)c1. The van der Waals surface area contributed by atoms with Gasteiger partial charge in [-0.05, 0) is 34.1 Å². The summed E-state index contributed by atoms with van der Waals surface area (Å²) in [5, 5.41) is 4.70. The highest BCUT2D eigenvalue weighted by atomic mass is 79.9. The van der Waals surface area contributed by atoms with E-state index in [0.717, 1.165) is 15.7 Å². The molecule has 6 heteroatoms. The fraction of sp³-hybridized carbons (Fsp3) is 0. The van der Waals surface area contributed by atoms with Crippen LogP contribution >= 0.6 is 39.7 Å². The number of halogens is 2. The van der Waals surface area contributed by atoms with E-state index in [4.69, 9.17) is 29.6 Å². The molecule has 0 atom stereocenters. The standard InChI is InChI=1S/C10H7BrClN3S/c11-8-3-6(10(13)16)1-2-9(8)15-5-7(12)4-14-15/h1-5H,(H2,13,16). The van der Waals surface area contributed by atoms with E-state index in [1.54, 1.807) is 17.1 Å². The molecule has 16 heavy (non-hydrogen) atoms. The van der Waals surface area contributed by atoms with Crippen LogP contribution in [0, 0.1) is 0 Å². The maximum Gasteiger partial charge on any atom is 0.104 e. The molecule has 0 aliphatic rings. The van der Waals surface area contributed by atoms with Gasteiger partial charge in [-0.2, -0.15) is 5.10 Å². The summed E-state index contributed by atoms with van der Waals surface area (Å²) in [6.45, 7) is 0. The van der Waals surface area contributed by atoms with Gasteiger partial charge in [0, 0.05) is 16.2 Å². The smallest absolute Gasteiger partial charge is 0.104 e. The van der Waals surface area contributed by atoms with Gasteiger partial charge < -0.3 is 5.73 Å². The average molecular weight is 317 g/mol. The zero-order valence-electron chi connectivity index (χ0n) is 8.02. The van der Waals surface area contributed by atoms with Crippen molar-refractivity contribution < 1.29 is 0 Å². The molecule has 0 bridgehead atoms. The highest BCUT2D eigenvalue weighted by Crippen LogP contribution is 2.23. The molecule has 0 unspecified atom stereocenters. The number of nitrogens with zero attached hydrogens (tertiary/aromatic N) is 2. The van der Waals surface area contributed by atoms with E-state index in [9.17, 15) is 0 Å². The van der Waals surface area contributed by atoms with Crippen LogP contribution in [0.3, 0.4) is 0 Å². The van der Waals surface area contributed by atoms with Gasteiger partial charge in [-0.1, -0.05) is 23.8 Å². The monoisotopic (exact) mass is 315 g/mol. The second kappa shape index (κ2) is 4.53. The molecule has 2 rings (SSSR count). The van der Waals surface area contributed by atoms with E-state index < -0.39 is 0 Å². The van der Waals surface area contributed by atoms with Crippen molar-refractivity contribution in [1.29, 1.82) is 0 Å². The molecule has 1 aromatic carbocycles. The minimum absolute atomic E-state index is 0.366. The normalized spacial score (nSPS) is 10.4. The van der Waals surface area contributed by atoms with Gasteiger partial charge in [0.2, 0.25) is 0 Å². The van der Waals surface area contributed by atoms with Crippen LogP contribution < -0.4 is 5.73 Å². The molecule has 0 radical (unpaired) electrons. The molecule has 0 aliphatic carbocycles. The first-order valence-electron chi connectivity index (χ1n) is 4.38. The van der Waals surface area contributed by atoms with E-state index in [1.807, 2.05) is 18.2 Å². The van der Waals surface area contributed by atoms with Crippen LogP contribution in [-0.2, 0) is 0 Å². The molecule has 3 nitrogen and oxygen atoms in total. The topological polar surface area (TPSA) is 43.8 Å². The zero-order chi connectivity index (χ0) is 11.7. The fourth-order valence-corrected chi connectivity index (χ4v) is 2.10. The summed E-state index contributed by atoms with van der Waals surface area (Å²) in [4.78, 5) is 0.366. The van der Waals surface area contributed by atoms with Crippen molar-refractivity contribution >= 4 is 44.7 Å². The number of rotatable bonds is 2. The van der Waals surface area contributed by atoms with Crippen molar-refractivity contribution in [2.45, 2.75) is 0 Å². The second-order valence-electron chi connectivity index (χ2n) is 3.13. The third kappa shape index (κ3) is 2.26. The van der Waals surface area contributed by atoms with Crippen LogP contribution in [0.15, 0.2) is 35.1 Å². The Labute approximate surface area is 111 Å². The Morgan fingerprint density at radius 1 is 1.50 bits per heavy atom. The molecule has 0 spiro atoms. The summed E-state index contributed by atoms with van der Waals surface area (Å²) < 4.78 is 2.54. The van der Waals surface area contributed by atoms with E-state index in [-0.39, 0.29) is 0 Å². The summed E-state index contributed by atoms with van der Waals surface area (Å²) in [6, 6.07) is 5.58. The first-order valence-corrected chi connectivity index (χ1v) is 5.96. The van der Waals surface area contributed by atoms with E-state index in [2.05, 4.69) is 21.0 Å². The number of nitrogens with two attached hydrogens (primary N) is 1. The third-order valence-corrected chi connectivity index (χ3v) is 3.10. The lowest BCUT2D eigenvalue weighted by Crippen LogP contribution is -2.09. The Kier molecular flexibility index (Phi) is 3.28. The van der Waals surface area contributed by atoms with Gasteiger partial charge >= 0.3 is 0 Å². The molecular formula is C10H7BrClN3S. The highest BCUT2D eigenvalue weighted by Gasteiger charge is 2.06. The van der Waals surface area contributed by atoms with Crippen LogP contribution in [0.1, 0.15) is 5.56 Å². The molecule has 2 aromatic rings. The second-order valence-corrected chi connectivity index (χ2v) is 4.86. The van der Waals surface area contributed by atoms with Crippen molar-refractivity contribution in [2.75, 3.05) is 0 Å². The zero-order valence-corrected chi connectivity index (χ0v) is 11.2. The summed E-state index contributed by atoms with van der Waals surface area (Å²) in [5.74, 6) is 0. The minimum Gasteiger partial charge on any atom is -0.389 e. The lowest BCUT2D eigenvalue weighted by atomic mass is 10.2. The maximum atomic E-state index is 5.80. The molecular weight excluding hydrogens is 310 g/mol. The first-order chi connectivity index (χ1) is 7.58. The largest absolute Gasteiger partial charge is 0.389 e. The van der Waals surface area contributed by atoms with Crippen molar-refractivity contribution in [1.82, 2.24) is 9.78 Å². The van der Waals surface area contributed by atoms with E-state index >= 15 is 0 Å². The van der Waals surface area contributed by atoms with Gasteiger partial charge in [0.25, 0.3) is 0 Å². The van der Waals surface area contributed by atoms with Crippen molar-refractivity contribution in [3.8, 4) is 5.69 Å². The van der Waals surface area contributed by atoms with Crippen LogP contribution in [0.25, 0.3) is 5.69 Å². The predicted octanol–water partition coefficient (Wildman–Crippen LogP) is 2.92. The Balaban J connectivity index is 2.47. The Hall–Kier alpha value is -0.910. The van der Waals surface area contributed by atoms with Gasteiger partial charge in [0.1, 0.15) is 4.99 Å². The quantitative estimate of drug-likeness (QED) is 0.866. The number of aromatic nitrogens is 2. The van der Waals surface area contributed by atoms with Crippen LogP contribution in [-0.4, -0.2) is 14.8 Å². The summed E-state index contributed by atoms with van der Waals surface area (Å²) in [5.41, 5.74) is 7.23. The van der Waals surface area contributed by atoms with Gasteiger partial charge in [-0.3, -0.25) is 0 Å². The van der Waals surface area contributed by atoms with E-state index in [1.165, 1.54) is 0 Å². The molecule has 0 amide bonds. The maximum absolute atomic E-state index is 5.80. The average Bonchev–Trinajstić information content (AvgIpc) is 2.64. The molecule has 0 saturated carbocycles. The third-order valence-electron chi connectivity index (χ3n) is 2.03. The number of thiocarbonyl (C=S) groups is 1. The Bertz CT molecular complexity index is 553. The highest BCUT2D eigenvalue weighted by molar-refractivity contribution is 9.10. The summed E-state index contributed by atoms with van der Waals surface area (Å²) in [6.07, 6.45) is 3.30. The fourth-order valence-electron chi connectivity index (χ4n) is 1.28. The summed E-state index contributed by atoms with van der Waals surface area (Å²) >= 11 is 14.1. The van der Waals surface area contributed by atoms with Gasteiger partial charge in [0.05, 0.1) is 16.9 Å². The van der Waals surface area contributed by atoms with Crippen LogP contribution in [0.4, 0.5) is 0 Å². The van der Waals surface area contributed by atoms with Gasteiger partial charge in [0.15, 0.2) is 0 Å². The summed E-state index contributed by atoms with van der Waals surface area (Å²) in [7, 11) is 0. The molecule has 2 N–H and O–H groups in total. The Morgan fingerprint density at radius 2 is 2.25 bits per heavy atom. The molecule has 0 fully saturated rings. The van der Waals surface area contributed by atoms with Crippen molar-refractivity contribution in [2.24, 2.45) is 5.73 Å². The number of hydrogen-bond acceptors (Lipinski definition) is 2. The predicted molar refractivity (Wildman–Crippen MR) is 72.2 cm³/mol. The lowest BCUT2D eigenvalue weighted by molar-refractivity contribution is 0.876. The van der Waals surface area contributed by atoms with Crippen LogP contribution in [0.5, 0.6) is 0 Å². The molecule has 82 valence electrons. The Morgan fingerprint density at radius 3 is 2.75 bits per heavy atom. The number of benzene rings is 1. The van der Waals surface area contributed by atoms with E-state index in [0.29, 0.717) is 10.0 Å². The first kappa shape index (κ1) is 11.6. The number of hydrogen-bond donors (Lipinski definition) is 1. The molecule has 0 aliphatic heterocycles. The van der Waals surface area contributed by atoms with Crippen molar-refractivity contribution in [3.05, 3.63) is 45.7 Å². The molecule has 0 saturated heterocycles.